The first kappa shape index (κ1) is 25.3. The number of hydrogen-bond donors (Lipinski definition) is 0. The third-order valence-electron chi connectivity index (χ3n) is 12.1. The Labute approximate surface area is 215 Å². The van der Waals surface area contributed by atoms with Gasteiger partial charge in [-0.15, -0.1) is 0 Å². The van der Waals surface area contributed by atoms with Gasteiger partial charge in [0.1, 0.15) is 0 Å². The van der Waals surface area contributed by atoms with Crippen molar-refractivity contribution in [2.75, 3.05) is 7.05 Å². The Bertz CT molecular complexity index is 894. The fourth-order valence-electron chi connectivity index (χ4n) is 10.2. The van der Waals surface area contributed by atoms with Crippen LogP contribution in [0.15, 0.2) is 30.3 Å². The molecule has 0 N–H and O–H groups in total. The number of fused-ring (bicyclic) bond motifs is 5. The van der Waals surface area contributed by atoms with Gasteiger partial charge in [0, 0.05) is 19.5 Å². The first-order valence-electron chi connectivity index (χ1n) is 15.0. The molecule has 1 amide bonds. The topological polar surface area (TPSA) is 20.3 Å². The average molecular weight is 478 g/mol. The number of likely N-dealkylation sites (tertiary alicyclic amines) is 1. The van der Waals surface area contributed by atoms with Crippen molar-refractivity contribution in [1.82, 2.24) is 4.90 Å². The van der Waals surface area contributed by atoms with E-state index in [1.807, 2.05) is 0 Å². The van der Waals surface area contributed by atoms with E-state index in [-0.39, 0.29) is 5.41 Å². The van der Waals surface area contributed by atoms with Gasteiger partial charge in [-0.3, -0.25) is 4.79 Å². The third-order valence-corrected chi connectivity index (χ3v) is 12.1. The summed E-state index contributed by atoms with van der Waals surface area (Å²) in [5, 5.41) is 0. The van der Waals surface area contributed by atoms with Gasteiger partial charge in [0.2, 0.25) is 5.91 Å². The second-order valence-corrected chi connectivity index (χ2v) is 14.1. The molecule has 4 aliphatic rings. The molecule has 1 aromatic rings. The van der Waals surface area contributed by atoms with E-state index in [9.17, 15) is 4.79 Å². The Hall–Kier alpha value is -1.31. The molecule has 0 bridgehead atoms. The molecule has 1 heterocycles. The number of benzene rings is 1. The smallest absolute Gasteiger partial charge is 0.222 e. The molecule has 5 rings (SSSR count). The molecule has 0 radical (unpaired) electrons. The van der Waals surface area contributed by atoms with Crippen molar-refractivity contribution in [3.63, 3.8) is 0 Å². The molecule has 1 saturated heterocycles. The third kappa shape index (κ3) is 4.19. The first-order valence-corrected chi connectivity index (χ1v) is 15.0. The van der Waals surface area contributed by atoms with Crippen LogP contribution in [0.4, 0.5) is 0 Å². The minimum Gasteiger partial charge on any atom is -0.342 e. The molecule has 35 heavy (non-hydrogen) atoms. The highest BCUT2D eigenvalue weighted by atomic mass is 16.2. The van der Waals surface area contributed by atoms with Crippen molar-refractivity contribution in [1.29, 1.82) is 0 Å². The molecule has 1 aliphatic heterocycles. The molecule has 1 unspecified atom stereocenters. The van der Waals surface area contributed by atoms with Crippen LogP contribution in [0.1, 0.15) is 110 Å². The van der Waals surface area contributed by atoms with Gasteiger partial charge in [0.05, 0.1) is 0 Å². The number of rotatable bonds is 6. The molecule has 2 heteroatoms. The number of carbonyl (C=O) groups excluding carboxylic acids is 1. The minimum atomic E-state index is 0.279. The average Bonchev–Trinajstić information content (AvgIpc) is 3.19. The molecule has 4 fully saturated rings. The Morgan fingerprint density at radius 3 is 2.37 bits per heavy atom. The lowest BCUT2D eigenvalue weighted by Crippen LogP contribution is -2.63. The number of carbonyl (C=O) groups is 1. The van der Waals surface area contributed by atoms with Crippen molar-refractivity contribution in [2.24, 2.45) is 46.3 Å². The summed E-state index contributed by atoms with van der Waals surface area (Å²) >= 11 is 0. The predicted octanol–water partition coefficient (Wildman–Crippen LogP) is 8.32. The summed E-state index contributed by atoms with van der Waals surface area (Å²) in [5.41, 5.74) is 2.31. The SMILES string of the molecule is CC(C)CCC[C@@H](C)[C@H]1CC[C@H]2[C@@H]3[C@@H](c4ccccc4)CC4N(C)C(=O)CC[C@]4(C)[C@H]3CC[C@]12C. The highest BCUT2D eigenvalue weighted by molar-refractivity contribution is 5.77. The second kappa shape index (κ2) is 9.53. The van der Waals surface area contributed by atoms with Gasteiger partial charge in [0.25, 0.3) is 0 Å². The van der Waals surface area contributed by atoms with Crippen LogP contribution in [0.25, 0.3) is 0 Å². The lowest BCUT2D eigenvalue weighted by Gasteiger charge is -2.64. The Balaban J connectivity index is 1.47. The minimum absolute atomic E-state index is 0.279. The monoisotopic (exact) mass is 477 g/mol. The molecule has 3 saturated carbocycles. The zero-order valence-corrected chi connectivity index (χ0v) is 23.4. The van der Waals surface area contributed by atoms with Gasteiger partial charge >= 0.3 is 0 Å². The van der Waals surface area contributed by atoms with Gasteiger partial charge in [-0.05, 0) is 96.3 Å². The fraction of sp³-hybridized carbons (Fsp3) is 0.788. The lowest BCUT2D eigenvalue weighted by molar-refractivity contribution is -0.162. The maximum Gasteiger partial charge on any atom is 0.222 e. The van der Waals surface area contributed by atoms with Gasteiger partial charge in [-0.1, -0.05) is 84.2 Å². The molecule has 194 valence electrons. The molecule has 9 atom stereocenters. The van der Waals surface area contributed by atoms with Crippen LogP contribution in [-0.2, 0) is 4.79 Å². The van der Waals surface area contributed by atoms with Crippen molar-refractivity contribution in [3.8, 4) is 0 Å². The predicted molar refractivity (Wildman–Crippen MR) is 146 cm³/mol. The molecular formula is C33H51NO. The van der Waals surface area contributed by atoms with E-state index in [0.717, 1.165) is 54.8 Å². The first-order chi connectivity index (χ1) is 16.7. The van der Waals surface area contributed by atoms with E-state index in [1.54, 1.807) is 0 Å². The van der Waals surface area contributed by atoms with Gasteiger partial charge in [-0.2, -0.15) is 0 Å². The van der Waals surface area contributed by atoms with Crippen LogP contribution in [0.2, 0.25) is 0 Å². The van der Waals surface area contributed by atoms with Crippen LogP contribution in [0.5, 0.6) is 0 Å². The van der Waals surface area contributed by atoms with Crippen molar-refractivity contribution in [2.45, 2.75) is 111 Å². The number of hydrogen-bond acceptors (Lipinski definition) is 1. The molecule has 3 aliphatic carbocycles. The van der Waals surface area contributed by atoms with Gasteiger partial charge in [-0.25, -0.2) is 0 Å². The van der Waals surface area contributed by atoms with Crippen LogP contribution >= 0.6 is 0 Å². The van der Waals surface area contributed by atoms with E-state index in [4.69, 9.17) is 0 Å². The Kier molecular flexibility index (Phi) is 6.90. The van der Waals surface area contributed by atoms with Crippen LogP contribution < -0.4 is 0 Å². The van der Waals surface area contributed by atoms with E-state index in [1.165, 1.54) is 50.5 Å². The highest BCUT2D eigenvalue weighted by Gasteiger charge is 2.63. The summed E-state index contributed by atoms with van der Waals surface area (Å²) in [7, 11) is 2.10. The molecule has 1 aromatic carbocycles. The van der Waals surface area contributed by atoms with Gasteiger partial charge < -0.3 is 4.90 Å². The van der Waals surface area contributed by atoms with Crippen LogP contribution in [-0.4, -0.2) is 23.9 Å². The molecule has 2 nitrogen and oxygen atoms in total. The standard InChI is InChI=1S/C33H51NO/c1-22(2)11-10-12-23(3)26-15-16-27-31-25(24-13-8-7-9-14-24)21-29-33(5,20-18-30(35)34(29)6)28(31)17-19-32(26,27)4/h7-9,13-14,22-23,25-29,31H,10-12,15-21H2,1-6H3/t23-,25-,26-,27+,28+,29?,31+,32-,33-/m1/s1. The van der Waals surface area contributed by atoms with E-state index >= 15 is 0 Å². The van der Waals surface area contributed by atoms with Gasteiger partial charge in [0.15, 0.2) is 0 Å². The van der Waals surface area contributed by atoms with E-state index in [0.29, 0.717) is 23.3 Å². The van der Waals surface area contributed by atoms with Crippen LogP contribution in [0, 0.1) is 46.3 Å². The normalized spacial score (nSPS) is 41.9. The van der Waals surface area contributed by atoms with E-state index in [2.05, 4.69) is 76.9 Å². The zero-order chi connectivity index (χ0) is 25.0. The Morgan fingerprint density at radius 2 is 1.66 bits per heavy atom. The van der Waals surface area contributed by atoms with Crippen LogP contribution in [0.3, 0.4) is 0 Å². The summed E-state index contributed by atoms with van der Waals surface area (Å²) in [5.74, 6) is 5.88. The fourth-order valence-corrected chi connectivity index (χ4v) is 10.2. The number of nitrogens with zero attached hydrogens (tertiary/aromatic N) is 1. The highest BCUT2D eigenvalue weighted by Crippen LogP contribution is 2.69. The summed E-state index contributed by atoms with van der Waals surface area (Å²) in [6, 6.07) is 11.8. The Morgan fingerprint density at radius 1 is 0.943 bits per heavy atom. The number of piperidine rings is 1. The summed E-state index contributed by atoms with van der Waals surface area (Å²) < 4.78 is 0. The second-order valence-electron chi connectivity index (χ2n) is 14.1. The quantitative estimate of drug-likeness (QED) is 0.403. The lowest BCUT2D eigenvalue weighted by atomic mass is 9.43. The number of amides is 1. The molecule has 0 aromatic heterocycles. The maximum atomic E-state index is 12.8. The molecule has 0 spiro atoms. The maximum absolute atomic E-state index is 12.8. The van der Waals surface area contributed by atoms with Crippen molar-refractivity contribution >= 4 is 5.91 Å². The molecular weight excluding hydrogens is 426 g/mol. The summed E-state index contributed by atoms with van der Waals surface area (Å²) in [6.07, 6.45) is 12.8. The van der Waals surface area contributed by atoms with E-state index < -0.39 is 0 Å². The van der Waals surface area contributed by atoms with Crippen molar-refractivity contribution in [3.05, 3.63) is 35.9 Å². The van der Waals surface area contributed by atoms with Crippen molar-refractivity contribution < 1.29 is 4.79 Å². The summed E-state index contributed by atoms with van der Waals surface area (Å²) in [4.78, 5) is 15.0. The zero-order valence-electron chi connectivity index (χ0n) is 23.4. The summed E-state index contributed by atoms with van der Waals surface area (Å²) in [6.45, 7) is 12.6. The largest absolute Gasteiger partial charge is 0.342 e.